The number of thiol groups is 1. The molecule has 34 heavy (non-hydrogen) atoms. The summed E-state index contributed by atoms with van der Waals surface area (Å²) < 4.78 is 0. The molecule has 9 nitrogen and oxygen atoms in total. The van der Waals surface area contributed by atoms with Gasteiger partial charge in [0.2, 0.25) is 17.7 Å². The number of amides is 3. The molecule has 0 saturated carbocycles. The summed E-state index contributed by atoms with van der Waals surface area (Å²) in [7, 11) is 0. The van der Waals surface area contributed by atoms with Crippen LogP contribution in [0.3, 0.4) is 0 Å². The minimum Gasteiger partial charge on any atom is -0.480 e. The third kappa shape index (κ3) is 9.94. The first kappa shape index (κ1) is 29.8. The number of aliphatic carboxylic acids is 1. The summed E-state index contributed by atoms with van der Waals surface area (Å²) in [4.78, 5) is 49.8. The van der Waals surface area contributed by atoms with E-state index in [4.69, 9.17) is 5.73 Å². The number of nitrogens with two attached hydrogens (primary N) is 1. The van der Waals surface area contributed by atoms with Crippen LogP contribution in [0.5, 0.6) is 0 Å². The summed E-state index contributed by atoms with van der Waals surface area (Å²) in [5.41, 5.74) is 6.89. The van der Waals surface area contributed by atoms with Crippen molar-refractivity contribution in [3.8, 4) is 0 Å². The van der Waals surface area contributed by atoms with Crippen molar-refractivity contribution in [3.63, 3.8) is 0 Å². The zero-order valence-corrected chi connectivity index (χ0v) is 21.5. The number of carbonyl (C=O) groups excluding carboxylic acids is 3. The maximum Gasteiger partial charge on any atom is 0.326 e. The number of hydrogen-bond acceptors (Lipinski definition) is 7. The Bertz CT molecular complexity index is 812. The van der Waals surface area contributed by atoms with E-state index in [0.29, 0.717) is 25.0 Å². The summed E-state index contributed by atoms with van der Waals surface area (Å²) in [5, 5.41) is 17.2. The molecule has 0 aliphatic heterocycles. The number of carboxylic acid groups (broad SMARTS) is 1. The lowest BCUT2D eigenvalue weighted by molar-refractivity contribution is -0.143. The van der Waals surface area contributed by atoms with E-state index < -0.39 is 47.9 Å². The molecule has 0 bridgehead atoms. The van der Waals surface area contributed by atoms with Gasteiger partial charge in [-0.1, -0.05) is 50.6 Å². The second-order valence-corrected chi connectivity index (χ2v) is 9.44. The number of carbonyl (C=O) groups is 4. The molecule has 0 heterocycles. The summed E-state index contributed by atoms with van der Waals surface area (Å²) in [6, 6.07) is 5.38. The highest BCUT2D eigenvalue weighted by atomic mass is 32.2. The van der Waals surface area contributed by atoms with Crippen molar-refractivity contribution in [2.75, 3.05) is 17.8 Å². The Kier molecular flexibility index (Phi) is 13.7. The highest BCUT2D eigenvalue weighted by Gasteiger charge is 2.31. The Balaban J connectivity index is 2.83. The van der Waals surface area contributed by atoms with Crippen molar-refractivity contribution < 1.29 is 24.3 Å². The van der Waals surface area contributed by atoms with Crippen LogP contribution in [0.2, 0.25) is 0 Å². The number of rotatable bonds is 15. The second-order valence-electron chi connectivity index (χ2n) is 8.09. The predicted octanol–water partition coefficient (Wildman–Crippen LogP) is 0.824. The minimum absolute atomic E-state index is 0.00286. The topological polar surface area (TPSA) is 151 Å². The maximum atomic E-state index is 12.9. The molecule has 1 rings (SSSR count). The van der Waals surface area contributed by atoms with Crippen LogP contribution in [-0.2, 0) is 25.6 Å². The van der Waals surface area contributed by atoms with E-state index in [0.717, 1.165) is 5.56 Å². The van der Waals surface area contributed by atoms with E-state index in [1.807, 2.05) is 43.5 Å². The standard InChI is InChI=1S/C23H36N4O5S2/c1-4-14(2)19(23(31)32)27-21(29)17(10-11-34-3)25-22(30)18(13-33)26-20(28)16(24)12-15-8-6-5-7-9-15/h5-9,14,16-19,33H,4,10-13,24H2,1-3H3,(H,25,30)(H,26,28)(H,27,29)(H,31,32). The van der Waals surface area contributed by atoms with Gasteiger partial charge in [-0.15, -0.1) is 0 Å². The molecule has 0 spiro atoms. The van der Waals surface area contributed by atoms with Crippen LogP contribution >= 0.6 is 24.4 Å². The average Bonchev–Trinajstić information content (AvgIpc) is 2.82. The van der Waals surface area contributed by atoms with Gasteiger partial charge in [0.1, 0.15) is 18.1 Å². The predicted molar refractivity (Wildman–Crippen MR) is 138 cm³/mol. The van der Waals surface area contributed by atoms with Gasteiger partial charge >= 0.3 is 5.97 Å². The normalized spacial score (nSPS) is 15.3. The summed E-state index contributed by atoms with van der Waals surface area (Å²) in [6.45, 7) is 3.57. The van der Waals surface area contributed by atoms with E-state index in [1.165, 1.54) is 11.8 Å². The van der Waals surface area contributed by atoms with Crippen LogP contribution in [0, 0.1) is 5.92 Å². The van der Waals surface area contributed by atoms with Crippen molar-refractivity contribution in [1.29, 1.82) is 0 Å². The van der Waals surface area contributed by atoms with Crippen molar-refractivity contribution in [3.05, 3.63) is 35.9 Å². The fraction of sp³-hybridized carbons (Fsp3) is 0.565. The molecule has 5 unspecified atom stereocenters. The molecule has 0 radical (unpaired) electrons. The highest BCUT2D eigenvalue weighted by Crippen LogP contribution is 2.10. The van der Waals surface area contributed by atoms with Crippen molar-refractivity contribution in [1.82, 2.24) is 16.0 Å². The smallest absolute Gasteiger partial charge is 0.326 e. The first-order valence-electron chi connectivity index (χ1n) is 11.2. The molecule has 6 N–H and O–H groups in total. The van der Waals surface area contributed by atoms with Crippen LogP contribution < -0.4 is 21.7 Å². The van der Waals surface area contributed by atoms with Gasteiger partial charge in [0, 0.05) is 5.75 Å². The zero-order valence-electron chi connectivity index (χ0n) is 19.8. The van der Waals surface area contributed by atoms with Crippen LogP contribution in [0.25, 0.3) is 0 Å². The first-order valence-corrected chi connectivity index (χ1v) is 13.2. The Hall–Kier alpha value is -2.24. The quantitative estimate of drug-likeness (QED) is 0.190. The lowest BCUT2D eigenvalue weighted by atomic mass is 9.98. The third-order valence-corrected chi connectivity index (χ3v) is 6.48. The molecule has 1 aromatic carbocycles. The number of hydrogen-bond donors (Lipinski definition) is 6. The zero-order chi connectivity index (χ0) is 25.7. The van der Waals surface area contributed by atoms with Gasteiger partial charge in [0.05, 0.1) is 6.04 Å². The van der Waals surface area contributed by atoms with E-state index in [9.17, 15) is 24.3 Å². The summed E-state index contributed by atoms with van der Waals surface area (Å²) in [5.74, 6) is -2.53. The van der Waals surface area contributed by atoms with Crippen molar-refractivity contribution in [2.24, 2.45) is 11.7 Å². The van der Waals surface area contributed by atoms with E-state index in [2.05, 4.69) is 28.6 Å². The van der Waals surface area contributed by atoms with Gasteiger partial charge in [-0.05, 0) is 36.3 Å². The minimum atomic E-state index is -1.13. The molecule has 0 aromatic heterocycles. The molecule has 0 saturated heterocycles. The van der Waals surface area contributed by atoms with Gasteiger partial charge < -0.3 is 26.8 Å². The molecular weight excluding hydrogens is 476 g/mol. The lowest BCUT2D eigenvalue weighted by Gasteiger charge is -2.26. The molecule has 0 aliphatic carbocycles. The molecule has 0 fully saturated rings. The summed E-state index contributed by atoms with van der Waals surface area (Å²) >= 11 is 5.66. The lowest BCUT2D eigenvalue weighted by Crippen LogP contribution is -2.58. The molecular formula is C23H36N4O5S2. The van der Waals surface area contributed by atoms with E-state index >= 15 is 0 Å². The fourth-order valence-corrected chi connectivity index (χ4v) is 3.88. The number of carboxylic acids is 1. The molecule has 11 heteroatoms. The summed E-state index contributed by atoms with van der Waals surface area (Å²) in [6.07, 6.45) is 3.03. The molecule has 0 aliphatic rings. The number of nitrogens with one attached hydrogen (secondary N) is 3. The fourth-order valence-electron chi connectivity index (χ4n) is 3.15. The highest BCUT2D eigenvalue weighted by molar-refractivity contribution is 7.98. The monoisotopic (exact) mass is 512 g/mol. The Morgan fingerprint density at radius 1 is 1.03 bits per heavy atom. The van der Waals surface area contributed by atoms with Crippen LogP contribution in [0.4, 0.5) is 0 Å². The van der Waals surface area contributed by atoms with Crippen LogP contribution in [0.1, 0.15) is 32.3 Å². The SMILES string of the molecule is CCC(C)C(NC(=O)C(CCSC)NC(=O)C(CS)NC(=O)C(N)Cc1ccccc1)C(=O)O. The van der Waals surface area contributed by atoms with Crippen molar-refractivity contribution >= 4 is 48.1 Å². The van der Waals surface area contributed by atoms with Crippen LogP contribution in [-0.4, -0.2) is 70.7 Å². The Morgan fingerprint density at radius 3 is 2.15 bits per heavy atom. The number of benzene rings is 1. The second kappa shape index (κ2) is 15.6. The average molecular weight is 513 g/mol. The van der Waals surface area contributed by atoms with Gasteiger partial charge in [0.25, 0.3) is 0 Å². The van der Waals surface area contributed by atoms with E-state index in [1.54, 1.807) is 6.92 Å². The third-order valence-electron chi connectivity index (χ3n) is 5.47. The molecule has 5 atom stereocenters. The van der Waals surface area contributed by atoms with Gasteiger partial charge in [-0.25, -0.2) is 4.79 Å². The Morgan fingerprint density at radius 2 is 1.62 bits per heavy atom. The van der Waals surface area contributed by atoms with Crippen LogP contribution in [0.15, 0.2) is 30.3 Å². The largest absolute Gasteiger partial charge is 0.480 e. The van der Waals surface area contributed by atoms with Gasteiger partial charge in [-0.3, -0.25) is 14.4 Å². The molecule has 190 valence electrons. The van der Waals surface area contributed by atoms with Crippen molar-refractivity contribution in [2.45, 2.75) is 57.3 Å². The van der Waals surface area contributed by atoms with Gasteiger partial charge in [0.15, 0.2) is 0 Å². The molecule has 1 aromatic rings. The first-order chi connectivity index (χ1) is 16.1. The maximum absolute atomic E-state index is 12.9. The van der Waals surface area contributed by atoms with E-state index in [-0.39, 0.29) is 11.7 Å². The van der Waals surface area contributed by atoms with Gasteiger partial charge in [-0.2, -0.15) is 24.4 Å². The Labute approximate surface area is 210 Å². The molecule has 3 amide bonds. The number of thioether (sulfide) groups is 1.